The molecule has 1 aromatic heterocycles. The summed E-state index contributed by atoms with van der Waals surface area (Å²) >= 11 is 0. The monoisotopic (exact) mass is 525 g/mol. The molecule has 196 valence electrons. The number of amides is 1. The molecule has 0 bridgehead atoms. The van der Waals surface area contributed by atoms with Crippen LogP contribution in [-0.4, -0.2) is 16.3 Å². The number of benzene rings is 5. The van der Waals surface area contributed by atoms with Crippen molar-refractivity contribution in [2.45, 2.75) is 6.54 Å². The first-order valence-electron chi connectivity index (χ1n) is 12.8. The molecule has 0 fully saturated rings. The van der Waals surface area contributed by atoms with Crippen molar-refractivity contribution in [2.24, 2.45) is 5.73 Å². The molecule has 0 aliphatic carbocycles. The summed E-state index contributed by atoms with van der Waals surface area (Å²) in [5.74, 6) is 1.23. The number of amidine groups is 1. The van der Waals surface area contributed by atoms with Crippen LogP contribution in [0.3, 0.4) is 0 Å². The van der Waals surface area contributed by atoms with Gasteiger partial charge in [-0.05, 0) is 65.5 Å². The van der Waals surface area contributed by atoms with Crippen molar-refractivity contribution in [2.75, 3.05) is 11.1 Å². The lowest BCUT2D eigenvalue weighted by Gasteiger charge is -2.16. The van der Waals surface area contributed by atoms with E-state index in [1.54, 1.807) is 30.3 Å². The van der Waals surface area contributed by atoms with Gasteiger partial charge >= 0.3 is 0 Å². The number of nitrogens with one attached hydrogen (secondary N) is 2. The minimum Gasteiger partial charge on any atom is -0.457 e. The van der Waals surface area contributed by atoms with Gasteiger partial charge in [-0.3, -0.25) is 10.2 Å². The van der Waals surface area contributed by atoms with Gasteiger partial charge in [-0.1, -0.05) is 60.7 Å². The summed E-state index contributed by atoms with van der Waals surface area (Å²) in [5.41, 5.74) is 15.8. The zero-order valence-corrected chi connectivity index (χ0v) is 21.6. The molecule has 6 N–H and O–H groups in total. The molecule has 0 unspecified atom stereocenters. The predicted octanol–water partition coefficient (Wildman–Crippen LogP) is 6.75. The Bertz CT molecular complexity index is 1880. The maximum Gasteiger partial charge on any atom is 0.272 e. The summed E-state index contributed by atoms with van der Waals surface area (Å²) in [6.07, 6.45) is 0. The smallest absolute Gasteiger partial charge is 0.272 e. The molecule has 0 saturated carbocycles. The highest BCUT2D eigenvalue weighted by atomic mass is 16.5. The van der Waals surface area contributed by atoms with E-state index in [0.717, 1.165) is 38.7 Å². The van der Waals surface area contributed by atoms with Crippen LogP contribution >= 0.6 is 0 Å². The van der Waals surface area contributed by atoms with Gasteiger partial charge < -0.3 is 26.1 Å². The molecular formula is C33H27N5O2. The van der Waals surface area contributed by atoms with Gasteiger partial charge in [0.25, 0.3) is 5.91 Å². The minimum atomic E-state index is -0.251. The SMILES string of the molecule is N=C(N)c1ccc2cc(C(=O)Nc3ccc(N)cc3)n(Cc3ccc(Oc4ccccc4)c4ccccc34)c2c1. The Morgan fingerprint density at radius 1 is 0.825 bits per heavy atom. The fourth-order valence-electron chi connectivity index (χ4n) is 4.89. The van der Waals surface area contributed by atoms with E-state index in [4.69, 9.17) is 21.6 Å². The summed E-state index contributed by atoms with van der Waals surface area (Å²) in [6, 6.07) is 36.2. The predicted molar refractivity (Wildman–Crippen MR) is 161 cm³/mol. The minimum absolute atomic E-state index is 0.0320. The second kappa shape index (κ2) is 10.3. The molecule has 0 saturated heterocycles. The molecule has 7 nitrogen and oxygen atoms in total. The van der Waals surface area contributed by atoms with Crippen LogP contribution in [0.2, 0.25) is 0 Å². The Labute approximate surface area is 231 Å². The number of nitrogens with zero attached hydrogens (tertiary/aromatic N) is 1. The first-order valence-corrected chi connectivity index (χ1v) is 12.8. The third-order valence-electron chi connectivity index (χ3n) is 6.89. The normalized spacial score (nSPS) is 11.0. The van der Waals surface area contributed by atoms with E-state index in [1.807, 2.05) is 83.4 Å². The number of nitrogen functional groups attached to an aromatic ring is 2. The maximum atomic E-state index is 13.6. The Morgan fingerprint density at radius 2 is 1.55 bits per heavy atom. The number of carbonyl (C=O) groups excluding carboxylic acids is 1. The lowest BCUT2D eigenvalue weighted by atomic mass is 10.0. The number of nitrogens with two attached hydrogens (primary N) is 2. The van der Waals surface area contributed by atoms with Crippen molar-refractivity contribution in [1.82, 2.24) is 4.57 Å². The number of anilines is 2. The van der Waals surface area contributed by atoms with Crippen molar-refractivity contribution < 1.29 is 9.53 Å². The Hall–Kier alpha value is -5.56. The quantitative estimate of drug-likeness (QED) is 0.105. The van der Waals surface area contributed by atoms with Crippen LogP contribution in [0.4, 0.5) is 11.4 Å². The van der Waals surface area contributed by atoms with E-state index < -0.39 is 0 Å². The number of aromatic nitrogens is 1. The number of rotatable bonds is 7. The summed E-state index contributed by atoms with van der Waals surface area (Å²) in [5, 5.41) is 13.8. The van der Waals surface area contributed by atoms with Gasteiger partial charge in [0.2, 0.25) is 0 Å². The first-order chi connectivity index (χ1) is 19.5. The van der Waals surface area contributed by atoms with Crippen LogP contribution in [0.15, 0.2) is 115 Å². The summed E-state index contributed by atoms with van der Waals surface area (Å²) in [6.45, 7) is 0.418. The van der Waals surface area contributed by atoms with Gasteiger partial charge in [0.1, 0.15) is 23.0 Å². The van der Waals surface area contributed by atoms with Crippen molar-refractivity contribution in [1.29, 1.82) is 5.41 Å². The molecule has 0 atom stereocenters. The van der Waals surface area contributed by atoms with Crippen LogP contribution in [0.25, 0.3) is 21.7 Å². The lowest BCUT2D eigenvalue weighted by Crippen LogP contribution is -2.18. The third-order valence-corrected chi connectivity index (χ3v) is 6.89. The fraction of sp³-hybridized carbons (Fsp3) is 0.0303. The Balaban J connectivity index is 1.44. The Kier molecular flexibility index (Phi) is 6.38. The van der Waals surface area contributed by atoms with Gasteiger partial charge in [-0.15, -0.1) is 0 Å². The molecule has 1 heterocycles. The summed E-state index contributed by atoms with van der Waals surface area (Å²) in [7, 11) is 0. The molecule has 6 aromatic rings. The standard InChI is InChI=1S/C33H27N5O2/c34-24-13-15-25(16-14-24)37-33(39)30-18-21-10-11-22(32(35)36)19-29(21)38(30)20-23-12-17-31(28-9-5-4-8-27(23)28)40-26-6-2-1-3-7-26/h1-19H,20,34H2,(H3,35,36)(H,37,39). The van der Waals surface area contributed by atoms with E-state index in [0.29, 0.717) is 29.2 Å². The number of carbonyl (C=O) groups is 1. The fourth-order valence-corrected chi connectivity index (χ4v) is 4.89. The average Bonchev–Trinajstić information content (AvgIpc) is 3.33. The Morgan fingerprint density at radius 3 is 2.30 bits per heavy atom. The zero-order chi connectivity index (χ0) is 27.6. The van der Waals surface area contributed by atoms with Crippen molar-refractivity contribution in [3.8, 4) is 11.5 Å². The molecule has 0 aliphatic rings. The highest BCUT2D eigenvalue weighted by molar-refractivity contribution is 6.07. The van der Waals surface area contributed by atoms with E-state index in [1.165, 1.54) is 0 Å². The molecule has 0 radical (unpaired) electrons. The molecule has 6 rings (SSSR count). The second-order valence-electron chi connectivity index (χ2n) is 9.56. The van der Waals surface area contributed by atoms with Gasteiger partial charge in [0.05, 0.1) is 0 Å². The van der Waals surface area contributed by atoms with Gasteiger partial charge in [0.15, 0.2) is 0 Å². The van der Waals surface area contributed by atoms with Crippen molar-refractivity contribution >= 4 is 44.8 Å². The van der Waals surface area contributed by atoms with E-state index in [2.05, 4.69) is 11.4 Å². The zero-order valence-electron chi connectivity index (χ0n) is 21.6. The molecule has 5 aromatic carbocycles. The average molecular weight is 526 g/mol. The maximum absolute atomic E-state index is 13.6. The molecule has 40 heavy (non-hydrogen) atoms. The second-order valence-corrected chi connectivity index (χ2v) is 9.56. The van der Waals surface area contributed by atoms with E-state index >= 15 is 0 Å². The first kappa shape index (κ1) is 24.8. The largest absolute Gasteiger partial charge is 0.457 e. The highest BCUT2D eigenvalue weighted by Crippen LogP contribution is 2.33. The highest BCUT2D eigenvalue weighted by Gasteiger charge is 2.19. The molecule has 0 spiro atoms. The number of fused-ring (bicyclic) bond motifs is 2. The van der Waals surface area contributed by atoms with Gasteiger partial charge in [-0.25, -0.2) is 0 Å². The number of para-hydroxylation sites is 1. The van der Waals surface area contributed by atoms with Crippen LogP contribution < -0.4 is 21.5 Å². The van der Waals surface area contributed by atoms with Crippen LogP contribution in [0.1, 0.15) is 21.6 Å². The molecule has 0 aliphatic heterocycles. The van der Waals surface area contributed by atoms with Crippen LogP contribution in [-0.2, 0) is 6.54 Å². The van der Waals surface area contributed by atoms with E-state index in [9.17, 15) is 4.79 Å². The lowest BCUT2D eigenvalue weighted by molar-refractivity contribution is 0.101. The number of ether oxygens (including phenoxy) is 1. The van der Waals surface area contributed by atoms with Crippen LogP contribution in [0.5, 0.6) is 11.5 Å². The van der Waals surface area contributed by atoms with Crippen LogP contribution in [0, 0.1) is 5.41 Å². The molecular weight excluding hydrogens is 498 g/mol. The molecule has 1 amide bonds. The number of hydrogen-bond acceptors (Lipinski definition) is 4. The number of hydrogen-bond donors (Lipinski definition) is 4. The summed E-state index contributed by atoms with van der Waals surface area (Å²) < 4.78 is 8.18. The third kappa shape index (κ3) is 4.83. The topological polar surface area (TPSA) is 119 Å². The van der Waals surface area contributed by atoms with E-state index in [-0.39, 0.29) is 11.7 Å². The van der Waals surface area contributed by atoms with Gasteiger partial charge in [0, 0.05) is 39.8 Å². The molecule has 7 heteroatoms. The van der Waals surface area contributed by atoms with Crippen molar-refractivity contribution in [3.63, 3.8) is 0 Å². The van der Waals surface area contributed by atoms with Crippen molar-refractivity contribution in [3.05, 3.63) is 132 Å². The van der Waals surface area contributed by atoms with Gasteiger partial charge in [-0.2, -0.15) is 0 Å². The summed E-state index contributed by atoms with van der Waals surface area (Å²) in [4.78, 5) is 13.6.